The topological polar surface area (TPSA) is 103 Å². The lowest BCUT2D eigenvalue weighted by molar-refractivity contribution is -0.123. The number of amides is 2. The molecule has 2 amide bonds. The molecule has 2 bridgehead atoms. The monoisotopic (exact) mass is 558 g/mol. The Morgan fingerprint density at radius 3 is 2.31 bits per heavy atom. The van der Waals surface area contributed by atoms with Crippen molar-refractivity contribution in [2.75, 3.05) is 18.6 Å². The van der Waals surface area contributed by atoms with Gasteiger partial charge in [0.25, 0.3) is 0 Å². The van der Waals surface area contributed by atoms with Crippen LogP contribution in [0.1, 0.15) is 27.1 Å². The first-order valence-electron chi connectivity index (χ1n) is 13.8. The third kappa shape index (κ3) is 4.18. The van der Waals surface area contributed by atoms with E-state index < -0.39 is 12.6 Å². The van der Waals surface area contributed by atoms with Crippen LogP contribution in [0.5, 0.6) is 5.75 Å². The lowest BCUT2D eigenvalue weighted by atomic mass is 9.85. The number of methoxy groups -OCH3 is 1. The van der Waals surface area contributed by atoms with Crippen molar-refractivity contribution in [2.24, 2.45) is 23.7 Å². The highest BCUT2D eigenvalue weighted by molar-refractivity contribution is 6.22. The summed E-state index contributed by atoms with van der Waals surface area (Å²) < 4.78 is 10.6. The van der Waals surface area contributed by atoms with Crippen molar-refractivity contribution >= 4 is 40.2 Å². The van der Waals surface area contributed by atoms with Gasteiger partial charge in [0.05, 0.1) is 41.4 Å². The van der Waals surface area contributed by atoms with Gasteiger partial charge in [-0.1, -0.05) is 54.6 Å². The van der Waals surface area contributed by atoms with Crippen LogP contribution in [0.15, 0.2) is 91.0 Å². The van der Waals surface area contributed by atoms with E-state index in [9.17, 15) is 19.2 Å². The number of allylic oxidation sites excluding steroid dienone is 2. The smallest absolute Gasteiger partial charge is 0.339 e. The second kappa shape index (κ2) is 10.1. The average molecular weight is 559 g/mol. The number of aromatic nitrogens is 1. The number of ether oxygens (including phenoxy) is 2. The summed E-state index contributed by atoms with van der Waals surface area (Å²) in [7, 11) is 1.51. The molecule has 8 heteroatoms. The Morgan fingerprint density at radius 1 is 0.881 bits per heavy atom. The van der Waals surface area contributed by atoms with Crippen LogP contribution < -0.4 is 9.64 Å². The van der Waals surface area contributed by atoms with E-state index in [1.165, 1.54) is 12.0 Å². The number of ketones is 1. The molecular weight excluding hydrogens is 532 g/mol. The van der Waals surface area contributed by atoms with Crippen molar-refractivity contribution in [3.05, 3.63) is 102 Å². The number of carbonyl (C=O) groups excluding carboxylic acids is 4. The summed E-state index contributed by atoms with van der Waals surface area (Å²) in [5.74, 6) is -0.969. The predicted octanol–water partition coefficient (Wildman–Crippen LogP) is 5.26. The zero-order valence-electron chi connectivity index (χ0n) is 22.7. The molecule has 3 aliphatic rings. The van der Waals surface area contributed by atoms with Crippen molar-refractivity contribution in [3.63, 3.8) is 0 Å². The molecule has 2 fully saturated rings. The summed E-state index contributed by atoms with van der Waals surface area (Å²) in [6, 6.07) is 22.6. The van der Waals surface area contributed by atoms with Gasteiger partial charge < -0.3 is 9.47 Å². The maximum atomic E-state index is 13.2. The molecule has 2 heterocycles. The van der Waals surface area contributed by atoms with Gasteiger partial charge in [0, 0.05) is 16.5 Å². The van der Waals surface area contributed by atoms with Crippen LogP contribution in [0, 0.1) is 23.7 Å². The van der Waals surface area contributed by atoms with Crippen LogP contribution in [0.2, 0.25) is 0 Å². The summed E-state index contributed by atoms with van der Waals surface area (Å²) >= 11 is 0. The van der Waals surface area contributed by atoms with Crippen LogP contribution in [-0.2, 0) is 14.3 Å². The number of esters is 1. The van der Waals surface area contributed by atoms with Gasteiger partial charge in [-0.15, -0.1) is 0 Å². The average Bonchev–Trinajstić information content (AvgIpc) is 3.72. The molecule has 0 N–H and O–H groups in total. The Balaban J connectivity index is 1.14. The molecule has 7 rings (SSSR count). The highest BCUT2D eigenvalue weighted by Gasteiger charge is 2.59. The molecule has 0 spiro atoms. The van der Waals surface area contributed by atoms with E-state index in [0.717, 1.165) is 6.42 Å². The Labute approximate surface area is 241 Å². The number of carbonyl (C=O) groups is 4. The Morgan fingerprint density at radius 2 is 1.60 bits per heavy atom. The third-order valence-electron chi connectivity index (χ3n) is 8.55. The molecule has 4 atom stereocenters. The number of benzene rings is 3. The predicted molar refractivity (Wildman–Crippen MR) is 155 cm³/mol. The standard InChI is InChI=1S/C34H26N2O6/c1-41-24-6-4-5-20(16-24)29(37)18-42-34(40)26-17-28(35-27-8-3-2-7-25(26)27)19-11-13-23(14-12-19)36-32(38)30-21-9-10-22(15-21)31(30)33(36)39/h2-14,16-17,21-22,30-31H,15,18H2,1H3. The van der Waals surface area contributed by atoms with E-state index in [-0.39, 0.29) is 46.8 Å². The number of anilines is 1. The van der Waals surface area contributed by atoms with E-state index in [0.29, 0.717) is 39.2 Å². The number of nitrogens with zero attached hydrogens (tertiary/aromatic N) is 2. The van der Waals surface area contributed by atoms with Gasteiger partial charge >= 0.3 is 5.97 Å². The Kier molecular flexibility index (Phi) is 6.19. The zero-order chi connectivity index (χ0) is 29.0. The third-order valence-corrected chi connectivity index (χ3v) is 8.55. The Hall–Kier alpha value is -5.11. The minimum absolute atomic E-state index is 0.132. The van der Waals surface area contributed by atoms with Crippen molar-refractivity contribution in [3.8, 4) is 17.0 Å². The number of hydrogen-bond acceptors (Lipinski definition) is 7. The molecule has 1 aromatic heterocycles. The molecule has 3 aromatic carbocycles. The Bertz CT molecular complexity index is 1780. The van der Waals surface area contributed by atoms with Crippen molar-refractivity contribution in [1.82, 2.24) is 4.98 Å². The van der Waals surface area contributed by atoms with Crippen molar-refractivity contribution < 1.29 is 28.7 Å². The first kappa shape index (κ1) is 25.8. The van der Waals surface area contributed by atoms with Gasteiger partial charge in [0.1, 0.15) is 5.75 Å². The maximum Gasteiger partial charge on any atom is 0.339 e. The maximum absolute atomic E-state index is 13.2. The minimum atomic E-state index is -0.647. The normalized spacial score (nSPS) is 22.1. The van der Waals surface area contributed by atoms with Crippen LogP contribution >= 0.6 is 0 Å². The summed E-state index contributed by atoms with van der Waals surface area (Å²) in [5.41, 5.74) is 2.99. The number of pyridine rings is 1. The summed E-state index contributed by atoms with van der Waals surface area (Å²) in [5, 5.41) is 0.597. The molecule has 0 radical (unpaired) electrons. The number of rotatable bonds is 7. The van der Waals surface area contributed by atoms with E-state index >= 15 is 0 Å². The van der Waals surface area contributed by atoms with Crippen LogP contribution in [0.3, 0.4) is 0 Å². The van der Waals surface area contributed by atoms with Gasteiger partial charge in [-0.05, 0) is 54.7 Å². The first-order chi connectivity index (χ1) is 20.4. The second-order valence-corrected chi connectivity index (χ2v) is 10.9. The highest BCUT2D eigenvalue weighted by Crippen LogP contribution is 2.53. The lowest BCUT2D eigenvalue weighted by Crippen LogP contribution is -2.32. The first-order valence-corrected chi connectivity index (χ1v) is 13.8. The molecule has 8 nitrogen and oxygen atoms in total. The minimum Gasteiger partial charge on any atom is -0.497 e. The molecule has 2 aliphatic carbocycles. The van der Waals surface area contributed by atoms with Gasteiger partial charge in [-0.25, -0.2) is 9.78 Å². The molecule has 42 heavy (non-hydrogen) atoms. The molecule has 4 aromatic rings. The number of para-hydroxylation sites is 1. The van der Waals surface area contributed by atoms with Crippen LogP contribution in [0.25, 0.3) is 22.2 Å². The van der Waals surface area contributed by atoms with Gasteiger partial charge in [-0.3, -0.25) is 19.3 Å². The fourth-order valence-electron chi connectivity index (χ4n) is 6.52. The van der Waals surface area contributed by atoms with E-state index in [1.807, 2.05) is 6.07 Å². The molecule has 1 aliphatic heterocycles. The fraction of sp³-hybridized carbons (Fsp3) is 0.206. The van der Waals surface area contributed by atoms with E-state index in [4.69, 9.17) is 14.5 Å². The molecule has 1 saturated heterocycles. The van der Waals surface area contributed by atoms with Crippen LogP contribution in [0.4, 0.5) is 5.69 Å². The fourth-order valence-corrected chi connectivity index (χ4v) is 6.52. The molecule has 1 saturated carbocycles. The number of fused-ring (bicyclic) bond motifs is 6. The van der Waals surface area contributed by atoms with Crippen molar-refractivity contribution in [1.29, 1.82) is 0 Å². The van der Waals surface area contributed by atoms with Gasteiger partial charge in [-0.2, -0.15) is 0 Å². The molecule has 4 unspecified atom stereocenters. The molecule has 208 valence electrons. The molecular formula is C34H26N2O6. The van der Waals surface area contributed by atoms with Crippen molar-refractivity contribution in [2.45, 2.75) is 6.42 Å². The zero-order valence-corrected chi connectivity index (χ0v) is 22.7. The summed E-state index contributed by atoms with van der Waals surface area (Å²) in [6.07, 6.45) is 5.03. The quantitative estimate of drug-likeness (QED) is 0.132. The summed E-state index contributed by atoms with van der Waals surface area (Å²) in [4.78, 5) is 58.4. The number of hydrogen-bond donors (Lipinski definition) is 0. The van der Waals surface area contributed by atoms with E-state index in [1.54, 1.807) is 72.8 Å². The van der Waals surface area contributed by atoms with Crippen LogP contribution in [-0.4, -0.2) is 42.3 Å². The largest absolute Gasteiger partial charge is 0.497 e. The number of Topliss-reactive ketones (excluding diaryl/α,β-unsaturated/α-hetero) is 1. The highest BCUT2D eigenvalue weighted by atomic mass is 16.5. The second-order valence-electron chi connectivity index (χ2n) is 10.9. The van der Waals surface area contributed by atoms with Gasteiger partial charge in [0.2, 0.25) is 11.8 Å². The number of imide groups is 1. The van der Waals surface area contributed by atoms with E-state index in [2.05, 4.69) is 12.2 Å². The summed E-state index contributed by atoms with van der Waals surface area (Å²) in [6.45, 7) is -0.427. The SMILES string of the molecule is COc1cccc(C(=O)COC(=O)c2cc(-c3ccc(N4C(=O)C5C6C=CC(C6)C5C4=O)cc3)nc3ccccc23)c1. The van der Waals surface area contributed by atoms with Gasteiger partial charge in [0.15, 0.2) is 12.4 Å². The lowest BCUT2D eigenvalue weighted by Gasteiger charge is -2.17.